The number of hydrogen-bond acceptors (Lipinski definition) is 6. The molecule has 1 aliphatic rings. The largest absolute Gasteiger partial charge is 0.368 e. The Morgan fingerprint density at radius 2 is 2.00 bits per heavy atom. The third-order valence-corrected chi connectivity index (χ3v) is 3.73. The number of nitro groups is 1. The van der Waals surface area contributed by atoms with Crippen LogP contribution in [0.5, 0.6) is 0 Å². The van der Waals surface area contributed by atoms with Gasteiger partial charge in [-0.25, -0.2) is 4.39 Å². The molecule has 1 aromatic rings. The van der Waals surface area contributed by atoms with E-state index in [1.807, 2.05) is 4.90 Å². The number of anilines is 1. The molecule has 0 amide bonds. The molecule has 0 spiro atoms. The summed E-state index contributed by atoms with van der Waals surface area (Å²) >= 11 is 0. The standard InChI is InChI=1S/C13H18FN3O4/c1-20-12(21-2)13(14)5-7-16(8-6-13)10-3-4-11(15-9-10)17(18)19/h3-4,9,12H,5-8H2,1-2H3. The molecule has 1 saturated heterocycles. The second-order valence-electron chi connectivity index (χ2n) is 4.96. The molecule has 21 heavy (non-hydrogen) atoms. The zero-order valence-corrected chi connectivity index (χ0v) is 12.0. The predicted molar refractivity (Wildman–Crippen MR) is 74.0 cm³/mol. The van der Waals surface area contributed by atoms with E-state index in [1.54, 1.807) is 6.07 Å². The fourth-order valence-electron chi connectivity index (χ4n) is 2.56. The van der Waals surface area contributed by atoms with Crippen LogP contribution in [0, 0.1) is 10.1 Å². The van der Waals surface area contributed by atoms with Crippen LogP contribution in [0.4, 0.5) is 15.9 Å². The molecular formula is C13H18FN3O4. The quantitative estimate of drug-likeness (QED) is 0.469. The Morgan fingerprint density at radius 1 is 1.38 bits per heavy atom. The fourth-order valence-corrected chi connectivity index (χ4v) is 2.56. The Morgan fingerprint density at radius 3 is 2.43 bits per heavy atom. The Labute approximate surface area is 121 Å². The molecule has 0 atom stereocenters. The molecule has 116 valence electrons. The molecule has 2 rings (SSSR count). The molecule has 0 radical (unpaired) electrons. The first-order chi connectivity index (χ1) is 10.00. The topological polar surface area (TPSA) is 77.7 Å². The van der Waals surface area contributed by atoms with Gasteiger partial charge in [0.05, 0.1) is 5.69 Å². The van der Waals surface area contributed by atoms with Crippen molar-refractivity contribution in [3.05, 3.63) is 28.4 Å². The lowest BCUT2D eigenvalue weighted by atomic mass is 9.92. The van der Waals surface area contributed by atoms with Crippen LogP contribution in [0.25, 0.3) is 0 Å². The van der Waals surface area contributed by atoms with Crippen LogP contribution in [0.3, 0.4) is 0 Å². The molecule has 7 nitrogen and oxygen atoms in total. The molecule has 0 aromatic carbocycles. The van der Waals surface area contributed by atoms with Crippen molar-refractivity contribution in [2.75, 3.05) is 32.2 Å². The van der Waals surface area contributed by atoms with Crippen molar-refractivity contribution < 1.29 is 18.8 Å². The van der Waals surface area contributed by atoms with E-state index in [0.29, 0.717) is 13.1 Å². The fraction of sp³-hybridized carbons (Fsp3) is 0.615. The second-order valence-corrected chi connectivity index (χ2v) is 4.96. The van der Waals surface area contributed by atoms with Crippen molar-refractivity contribution in [3.63, 3.8) is 0 Å². The van der Waals surface area contributed by atoms with Gasteiger partial charge in [0.1, 0.15) is 0 Å². The molecule has 0 aliphatic carbocycles. The van der Waals surface area contributed by atoms with Crippen LogP contribution in [-0.2, 0) is 9.47 Å². The van der Waals surface area contributed by atoms with E-state index < -0.39 is 16.9 Å². The van der Waals surface area contributed by atoms with Crippen LogP contribution in [0.1, 0.15) is 12.8 Å². The lowest BCUT2D eigenvalue weighted by molar-refractivity contribution is -0.389. The maximum Gasteiger partial charge on any atom is 0.363 e. The highest BCUT2D eigenvalue weighted by Gasteiger charge is 2.43. The molecule has 0 bridgehead atoms. The Kier molecular flexibility index (Phi) is 4.69. The molecule has 0 unspecified atom stereocenters. The third kappa shape index (κ3) is 3.27. The van der Waals surface area contributed by atoms with Gasteiger partial charge in [0.2, 0.25) is 0 Å². The summed E-state index contributed by atoms with van der Waals surface area (Å²) in [5.41, 5.74) is -0.775. The number of ether oxygens (including phenoxy) is 2. The first-order valence-electron chi connectivity index (χ1n) is 6.60. The number of rotatable bonds is 5. The summed E-state index contributed by atoms with van der Waals surface area (Å²) in [5, 5.41) is 10.6. The highest BCUT2D eigenvalue weighted by Crippen LogP contribution is 2.33. The first kappa shape index (κ1) is 15.6. The number of nitrogens with zero attached hydrogens (tertiary/aromatic N) is 3. The second kappa shape index (κ2) is 6.31. The van der Waals surface area contributed by atoms with Crippen LogP contribution in [0.2, 0.25) is 0 Å². The van der Waals surface area contributed by atoms with E-state index >= 15 is 0 Å². The van der Waals surface area contributed by atoms with E-state index in [4.69, 9.17) is 9.47 Å². The Hall–Kier alpha value is -1.80. The maximum atomic E-state index is 14.7. The molecule has 1 aromatic heterocycles. The van der Waals surface area contributed by atoms with Crippen LogP contribution < -0.4 is 4.90 Å². The first-order valence-corrected chi connectivity index (χ1v) is 6.60. The van der Waals surface area contributed by atoms with E-state index in [-0.39, 0.29) is 18.7 Å². The van der Waals surface area contributed by atoms with Gasteiger partial charge in [-0.05, 0) is 16.0 Å². The number of pyridine rings is 1. The molecule has 0 saturated carbocycles. The summed E-state index contributed by atoms with van der Waals surface area (Å²) in [6, 6.07) is 2.97. The summed E-state index contributed by atoms with van der Waals surface area (Å²) in [6.45, 7) is 0.943. The molecule has 2 heterocycles. The van der Waals surface area contributed by atoms with Crippen molar-refractivity contribution in [1.29, 1.82) is 0 Å². The lowest BCUT2D eigenvalue weighted by Crippen LogP contribution is -2.50. The summed E-state index contributed by atoms with van der Waals surface area (Å²) in [4.78, 5) is 15.7. The molecule has 1 fully saturated rings. The van der Waals surface area contributed by atoms with Crippen LogP contribution in [-0.4, -0.2) is 49.2 Å². The van der Waals surface area contributed by atoms with Crippen molar-refractivity contribution in [1.82, 2.24) is 4.98 Å². The van der Waals surface area contributed by atoms with Gasteiger partial charge in [-0.3, -0.25) is 0 Å². The van der Waals surface area contributed by atoms with Gasteiger partial charge in [0.15, 0.2) is 18.2 Å². The molecule has 0 N–H and O–H groups in total. The molecule has 8 heteroatoms. The SMILES string of the molecule is COC(OC)C1(F)CCN(c2ccc([N+](=O)[O-])nc2)CC1. The number of aromatic nitrogens is 1. The monoisotopic (exact) mass is 299 g/mol. The zero-order chi connectivity index (χ0) is 15.5. The van der Waals surface area contributed by atoms with Crippen molar-refractivity contribution >= 4 is 11.5 Å². The average Bonchev–Trinajstić information content (AvgIpc) is 2.49. The summed E-state index contributed by atoms with van der Waals surface area (Å²) in [7, 11) is 2.84. The smallest absolute Gasteiger partial charge is 0.363 e. The molecular weight excluding hydrogens is 281 g/mol. The van der Waals surface area contributed by atoms with Gasteiger partial charge in [0.25, 0.3) is 0 Å². The highest BCUT2D eigenvalue weighted by molar-refractivity contribution is 5.47. The van der Waals surface area contributed by atoms with Crippen LogP contribution in [0.15, 0.2) is 18.3 Å². The summed E-state index contributed by atoms with van der Waals surface area (Å²) in [5.74, 6) is -0.200. The van der Waals surface area contributed by atoms with Crippen molar-refractivity contribution in [2.24, 2.45) is 0 Å². The van der Waals surface area contributed by atoms with Crippen molar-refractivity contribution in [2.45, 2.75) is 24.8 Å². The maximum absolute atomic E-state index is 14.7. The minimum atomic E-state index is -1.52. The van der Waals surface area contributed by atoms with Gasteiger partial charge in [-0.2, -0.15) is 0 Å². The minimum Gasteiger partial charge on any atom is -0.368 e. The van der Waals surface area contributed by atoms with Gasteiger partial charge < -0.3 is 24.5 Å². The zero-order valence-electron chi connectivity index (χ0n) is 12.0. The van der Waals surface area contributed by atoms with E-state index in [9.17, 15) is 14.5 Å². The number of methoxy groups -OCH3 is 2. The van der Waals surface area contributed by atoms with E-state index in [0.717, 1.165) is 5.69 Å². The normalized spacial score (nSPS) is 18.0. The number of alkyl halides is 1. The number of piperidine rings is 1. The van der Waals surface area contributed by atoms with Gasteiger partial charge >= 0.3 is 5.82 Å². The van der Waals surface area contributed by atoms with Gasteiger partial charge in [0, 0.05) is 46.2 Å². The predicted octanol–water partition coefficient (Wildman–Crippen LogP) is 1.92. The summed E-state index contributed by atoms with van der Waals surface area (Å²) in [6.07, 6.45) is 1.08. The van der Waals surface area contributed by atoms with E-state index in [2.05, 4.69) is 4.98 Å². The average molecular weight is 299 g/mol. The lowest BCUT2D eigenvalue weighted by Gasteiger charge is -2.40. The Bertz CT molecular complexity index is 485. The Balaban J connectivity index is 2.02. The minimum absolute atomic E-state index is 0.200. The third-order valence-electron chi connectivity index (χ3n) is 3.73. The highest BCUT2D eigenvalue weighted by atomic mass is 19.1. The summed E-state index contributed by atoms with van der Waals surface area (Å²) < 4.78 is 24.8. The van der Waals surface area contributed by atoms with Gasteiger partial charge in [-0.15, -0.1) is 0 Å². The van der Waals surface area contributed by atoms with Gasteiger partial charge in [-0.1, -0.05) is 0 Å². The number of hydrogen-bond donors (Lipinski definition) is 0. The van der Waals surface area contributed by atoms with E-state index in [1.165, 1.54) is 26.5 Å². The number of halogens is 1. The van der Waals surface area contributed by atoms with Crippen molar-refractivity contribution in [3.8, 4) is 0 Å². The van der Waals surface area contributed by atoms with Crippen LogP contribution >= 0.6 is 0 Å². The molecule has 1 aliphatic heterocycles.